The molecule has 3 aromatic rings. The minimum absolute atomic E-state index is 0.227. The summed E-state index contributed by atoms with van der Waals surface area (Å²) in [5, 5.41) is 13.5. The van der Waals surface area contributed by atoms with Crippen LogP contribution in [0.25, 0.3) is 11.0 Å². The largest absolute Gasteiger partial charge is 0.464 e. The Bertz CT molecular complexity index is 1070. The molecule has 152 valence electrons. The van der Waals surface area contributed by atoms with Crippen molar-refractivity contribution in [3.05, 3.63) is 81.7 Å². The average molecular weight is 405 g/mol. The number of nitrogens with one attached hydrogen (secondary N) is 1. The summed E-state index contributed by atoms with van der Waals surface area (Å²) in [6.45, 7) is 1.73. The second-order valence-corrected chi connectivity index (χ2v) is 6.55. The number of hydrogen-bond acceptors (Lipinski definition) is 4. The van der Waals surface area contributed by atoms with Crippen LogP contribution >= 0.6 is 0 Å². The Kier molecular flexibility index (Phi) is 5.74. The maximum Gasteiger partial charge on any atom is 0.416 e. The summed E-state index contributed by atoms with van der Waals surface area (Å²) in [5.74, 6) is -0.504. The standard InChI is InChI=1S/C21H18F3NO4/c1-2-16(19(27)12-3-6-14(7-4-12)21(22,23)24)25-20(28)13-5-8-15-17(26)9-10-29-18(15)11-13/h3-11,16,19,27H,2H2,1H3,(H,25,28). The predicted molar refractivity (Wildman–Crippen MR) is 100 cm³/mol. The van der Waals surface area contributed by atoms with Crippen molar-refractivity contribution >= 4 is 16.9 Å². The topological polar surface area (TPSA) is 79.5 Å². The van der Waals surface area contributed by atoms with E-state index >= 15 is 0 Å². The van der Waals surface area contributed by atoms with E-state index in [9.17, 15) is 27.9 Å². The number of benzene rings is 2. The number of amides is 1. The highest BCUT2D eigenvalue weighted by Gasteiger charge is 2.30. The molecule has 8 heteroatoms. The third-order valence-electron chi connectivity index (χ3n) is 4.64. The van der Waals surface area contributed by atoms with E-state index in [1.165, 1.54) is 42.7 Å². The van der Waals surface area contributed by atoms with Crippen molar-refractivity contribution in [2.24, 2.45) is 0 Å². The Balaban J connectivity index is 1.78. The molecule has 1 aromatic heterocycles. The van der Waals surface area contributed by atoms with Crippen LogP contribution in [0.1, 0.15) is 40.9 Å². The zero-order valence-electron chi connectivity index (χ0n) is 15.4. The number of rotatable bonds is 5. The fourth-order valence-electron chi connectivity index (χ4n) is 2.98. The van der Waals surface area contributed by atoms with Crippen molar-refractivity contribution in [2.45, 2.75) is 31.7 Å². The van der Waals surface area contributed by atoms with E-state index in [0.29, 0.717) is 11.8 Å². The van der Waals surface area contributed by atoms with E-state index < -0.39 is 29.8 Å². The smallest absolute Gasteiger partial charge is 0.416 e. The molecule has 1 heterocycles. The molecule has 1 amide bonds. The highest BCUT2D eigenvalue weighted by Crippen LogP contribution is 2.30. The van der Waals surface area contributed by atoms with Crippen LogP contribution in [0.2, 0.25) is 0 Å². The van der Waals surface area contributed by atoms with Crippen LogP contribution in [-0.4, -0.2) is 17.1 Å². The fraction of sp³-hybridized carbons (Fsp3) is 0.238. The molecule has 5 nitrogen and oxygen atoms in total. The van der Waals surface area contributed by atoms with E-state index in [-0.39, 0.29) is 22.1 Å². The number of fused-ring (bicyclic) bond motifs is 1. The highest BCUT2D eigenvalue weighted by atomic mass is 19.4. The van der Waals surface area contributed by atoms with Gasteiger partial charge in [-0.05, 0) is 42.3 Å². The van der Waals surface area contributed by atoms with E-state index in [1.807, 2.05) is 0 Å². The second-order valence-electron chi connectivity index (χ2n) is 6.55. The SMILES string of the molecule is CCC(NC(=O)c1ccc2c(=O)ccoc2c1)C(O)c1ccc(C(F)(F)F)cc1. The first-order chi connectivity index (χ1) is 13.7. The fourth-order valence-corrected chi connectivity index (χ4v) is 2.98. The molecule has 2 aromatic carbocycles. The maximum atomic E-state index is 12.7. The van der Waals surface area contributed by atoms with Crippen LogP contribution in [0, 0.1) is 0 Å². The summed E-state index contributed by atoms with van der Waals surface area (Å²) in [7, 11) is 0. The van der Waals surface area contributed by atoms with E-state index in [4.69, 9.17) is 4.42 Å². The van der Waals surface area contributed by atoms with Gasteiger partial charge in [-0.15, -0.1) is 0 Å². The molecule has 0 bridgehead atoms. The van der Waals surface area contributed by atoms with Gasteiger partial charge in [0.15, 0.2) is 5.43 Å². The molecule has 0 aliphatic rings. The monoisotopic (exact) mass is 405 g/mol. The summed E-state index contributed by atoms with van der Waals surface area (Å²) in [6.07, 6.45) is -4.08. The lowest BCUT2D eigenvalue weighted by atomic mass is 9.98. The number of hydrogen-bond donors (Lipinski definition) is 2. The molecular weight excluding hydrogens is 387 g/mol. The molecule has 0 aliphatic heterocycles. The molecule has 0 radical (unpaired) electrons. The number of aliphatic hydroxyl groups is 1. The first kappa shape index (κ1) is 20.6. The molecular formula is C21H18F3NO4. The Hall–Kier alpha value is -3.13. The number of carbonyl (C=O) groups is 1. The molecule has 2 unspecified atom stereocenters. The lowest BCUT2D eigenvalue weighted by Crippen LogP contribution is -2.39. The predicted octanol–water partition coefficient (Wildman–Crippen LogP) is 4.05. The summed E-state index contributed by atoms with van der Waals surface area (Å²) >= 11 is 0. The minimum atomic E-state index is -4.47. The van der Waals surface area contributed by atoms with Crippen molar-refractivity contribution in [1.82, 2.24) is 5.32 Å². The highest BCUT2D eigenvalue weighted by molar-refractivity contribution is 5.97. The van der Waals surface area contributed by atoms with Gasteiger partial charge in [-0.25, -0.2) is 0 Å². The Morgan fingerprint density at radius 1 is 1.14 bits per heavy atom. The Morgan fingerprint density at radius 3 is 2.45 bits per heavy atom. The van der Waals surface area contributed by atoms with Crippen LogP contribution in [-0.2, 0) is 6.18 Å². The van der Waals surface area contributed by atoms with Gasteiger partial charge in [-0.2, -0.15) is 13.2 Å². The zero-order valence-corrected chi connectivity index (χ0v) is 15.4. The van der Waals surface area contributed by atoms with Gasteiger partial charge in [-0.3, -0.25) is 9.59 Å². The van der Waals surface area contributed by atoms with Gasteiger partial charge in [0.1, 0.15) is 5.58 Å². The van der Waals surface area contributed by atoms with Crippen LogP contribution < -0.4 is 10.7 Å². The van der Waals surface area contributed by atoms with Crippen LogP contribution in [0.15, 0.2) is 64.0 Å². The van der Waals surface area contributed by atoms with Crippen LogP contribution in [0.4, 0.5) is 13.2 Å². The van der Waals surface area contributed by atoms with E-state index in [0.717, 1.165) is 12.1 Å². The molecule has 0 aliphatic carbocycles. The van der Waals surface area contributed by atoms with Gasteiger partial charge in [-0.1, -0.05) is 19.1 Å². The van der Waals surface area contributed by atoms with Crippen LogP contribution in [0.5, 0.6) is 0 Å². The minimum Gasteiger partial charge on any atom is -0.464 e. The first-order valence-electron chi connectivity index (χ1n) is 8.88. The second kappa shape index (κ2) is 8.08. The van der Waals surface area contributed by atoms with Crippen molar-refractivity contribution in [3.8, 4) is 0 Å². The van der Waals surface area contributed by atoms with Crippen molar-refractivity contribution < 1.29 is 27.5 Å². The molecule has 0 spiro atoms. The summed E-state index contributed by atoms with van der Waals surface area (Å²) in [4.78, 5) is 24.3. The summed E-state index contributed by atoms with van der Waals surface area (Å²) in [5.41, 5.74) is -0.313. The lowest BCUT2D eigenvalue weighted by Gasteiger charge is -2.23. The van der Waals surface area contributed by atoms with Crippen molar-refractivity contribution in [3.63, 3.8) is 0 Å². The average Bonchev–Trinajstić information content (AvgIpc) is 2.70. The molecule has 0 fully saturated rings. The first-order valence-corrected chi connectivity index (χ1v) is 8.88. The molecule has 0 saturated carbocycles. The summed E-state index contributed by atoms with van der Waals surface area (Å²) < 4.78 is 43.3. The van der Waals surface area contributed by atoms with Gasteiger partial charge >= 0.3 is 6.18 Å². The third kappa shape index (κ3) is 4.48. The Morgan fingerprint density at radius 2 is 1.83 bits per heavy atom. The maximum absolute atomic E-state index is 12.7. The van der Waals surface area contributed by atoms with Gasteiger partial charge < -0.3 is 14.8 Å². The van der Waals surface area contributed by atoms with E-state index in [1.54, 1.807) is 6.92 Å². The van der Waals surface area contributed by atoms with Gasteiger partial charge in [0.25, 0.3) is 5.91 Å². The zero-order chi connectivity index (χ0) is 21.2. The quantitative estimate of drug-likeness (QED) is 0.671. The summed E-state index contributed by atoms with van der Waals surface area (Å²) in [6, 6.07) is 9.06. The molecule has 3 rings (SSSR count). The molecule has 2 atom stereocenters. The molecule has 0 saturated heterocycles. The number of aliphatic hydroxyl groups excluding tert-OH is 1. The number of halogens is 3. The van der Waals surface area contributed by atoms with Gasteiger partial charge in [0, 0.05) is 11.6 Å². The van der Waals surface area contributed by atoms with Crippen LogP contribution in [0.3, 0.4) is 0 Å². The van der Waals surface area contributed by atoms with Crippen molar-refractivity contribution in [2.75, 3.05) is 0 Å². The van der Waals surface area contributed by atoms with E-state index in [2.05, 4.69) is 5.32 Å². The molecule has 2 N–H and O–H groups in total. The molecule has 29 heavy (non-hydrogen) atoms. The van der Waals surface area contributed by atoms with Crippen molar-refractivity contribution in [1.29, 1.82) is 0 Å². The van der Waals surface area contributed by atoms with Gasteiger partial charge in [0.05, 0.1) is 29.4 Å². The van der Waals surface area contributed by atoms with Gasteiger partial charge in [0.2, 0.25) is 0 Å². The number of carbonyl (C=O) groups excluding carboxylic acids is 1. The third-order valence-corrected chi connectivity index (χ3v) is 4.64. The lowest BCUT2D eigenvalue weighted by molar-refractivity contribution is -0.137. The number of alkyl halides is 3. The normalized spacial score (nSPS) is 13.8. The Labute approximate surface area is 163 Å².